The molecular weight excluding hydrogens is 525 g/mol. The molecule has 2 aromatic rings. The van der Waals surface area contributed by atoms with Gasteiger partial charge >= 0.3 is 12.2 Å². The number of piperidine rings is 2. The number of likely N-dealkylation sites (tertiary alicyclic amines) is 2. The molecule has 5 rings (SSSR count). The van der Waals surface area contributed by atoms with Crippen molar-refractivity contribution in [2.24, 2.45) is 5.92 Å². The summed E-state index contributed by atoms with van der Waals surface area (Å²) in [6, 6.07) is 14.3. The van der Waals surface area contributed by atoms with Gasteiger partial charge in [-0.05, 0) is 94.8 Å². The first-order valence-electron chi connectivity index (χ1n) is 14.7. The van der Waals surface area contributed by atoms with Gasteiger partial charge in [0.25, 0.3) is 0 Å². The number of rotatable bonds is 5. The lowest BCUT2D eigenvalue weighted by molar-refractivity contribution is 0.0175. The molecule has 2 amide bonds. The fourth-order valence-corrected chi connectivity index (χ4v) is 6.40. The third-order valence-corrected chi connectivity index (χ3v) is 8.70. The Morgan fingerprint density at radius 3 is 2.37 bits per heavy atom. The molecule has 2 saturated heterocycles. The van der Waals surface area contributed by atoms with Gasteiger partial charge in [0.1, 0.15) is 18.0 Å². The molecule has 0 aliphatic carbocycles. The molecule has 1 spiro atoms. The van der Waals surface area contributed by atoms with Crippen molar-refractivity contribution in [1.29, 1.82) is 0 Å². The number of halogens is 1. The molecule has 1 N–H and O–H groups in total. The number of aliphatic hydroxyl groups excluding tert-OH is 1. The maximum atomic E-state index is 14.3. The zero-order chi connectivity index (χ0) is 29.2. The number of nitrogens with zero attached hydrogens (tertiary/aromatic N) is 3. The van der Waals surface area contributed by atoms with Gasteiger partial charge in [0.15, 0.2) is 0 Å². The van der Waals surface area contributed by atoms with Crippen LogP contribution in [0.4, 0.5) is 19.7 Å². The van der Waals surface area contributed by atoms with Crippen LogP contribution in [0.1, 0.15) is 57.6 Å². The van der Waals surface area contributed by atoms with Gasteiger partial charge in [0.2, 0.25) is 0 Å². The molecule has 2 aromatic carbocycles. The van der Waals surface area contributed by atoms with Crippen molar-refractivity contribution < 1.29 is 28.6 Å². The van der Waals surface area contributed by atoms with Gasteiger partial charge in [-0.25, -0.2) is 14.0 Å². The Labute approximate surface area is 242 Å². The summed E-state index contributed by atoms with van der Waals surface area (Å²) in [6.07, 6.45) is 1.79. The van der Waals surface area contributed by atoms with Crippen molar-refractivity contribution in [3.05, 3.63) is 65.5 Å². The summed E-state index contributed by atoms with van der Waals surface area (Å²) in [4.78, 5) is 31.2. The summed E-state index contributed by atoms with van der Waals surface area (Å²) in [5, 5.41) is 11.1. The summed E-state index contributed by atoms with van der Waals surface area (Å²) in [5.74, 6) is -0.185. The van der Waals surface area contributed by atoms with Crippen LogP contribution >= 0.6 is 0 Å². The van der Waals surface area contributed by atoms with Gasteiger partial charge in [-0.1, -0.05) is 30.3 Å². The molecule has 1 atom stereocenters. The largest absolute Gasteiger partial charge is 0.445 e. The molecular formula is C32H42FN3O5. The van der Waals surface area contributed by atoms with E-state index >= 15 is 0 Å². The van der Waals surface area contributed by atoms with Crippen LogP contribution < -0.4 is 4.90 Å². The van der Waals surface area contributed by atoms with Crippen molar-refractivity contribution in [3.8, 4) is 0 Å². The summed E-state index contributed by atoms with van der Waals surface area (Å²) < 4.78 is 25.5. The second kappa shape index (κ2) is 12.0. The van der Waals surface area contributed by atoms with Crippen LogP contribution in [0, 0.1) is 11.7 Å². The van der Waals surface area contributed by atoms with Gasteiger partial charge in [-0.3, -0.25) is 4.90 Å². The molecule has 0 radical (unpaired) electrons. The number of carbonyl (C=O) groups is 2. The quantitative estimate of drug-likeness (QED) is 0.527. The number of aliphatic hydroxyl groups is 1. The molecule has 222 valence electrons. The van der Waals surface area contributed by atoms with E-state index in [2.05, 4.69) is 4.90 Å². The van der Waals surface area contributed by atoms with Crippen molar-refractivity contribution in [2.75, 3.05) is 44.2 Å². The topological polar surface area (TPSA) is 82.6 Å². The van der Waals surface area contributed by atoms with Gasteiger partial charge in [0.05, 0.1) is 11.8 Å². The molecule has 9 heteroatoms. The Bertz CT molecular complexity index is 1220. The van der Waals surface area contributed by atoms with Crippen molar-refractivity contribution in [2.45, 2.75) is 70.2 Å². The number of ether oxygens (including phenoxy) is 2. The van der Waals surface area contributed by atoms with Gasteiger partial charge in [0, 0.05) is 31.6 Å². The third-order valence-electron chi connectivity index (χ3n) is 8.70. The minimum atomic E-state index is -0.620. The van der Waals surface area contributed by atoms with E-state index in [1.807, 2.05) is 51.1 Å². The molecule has 3 heterocycles. The van der Waals surface area contributed by atoms with Crippen molar-refractivity contribution >= 4 is 17.9 Å². The van der Waals surface area contributed by atoms with Gasteiger partial charge in [-0.15, -0.1) is 0 Å². The predicted molar refractivity (Wildman–Crippen MR) is 154 cm³/mol. The van der Waals surface area contributed by atoms with E-state index in [9.17, 15) is 19.1 Å². The molecule has 8 nitrogen and oxygen atoms in total. The Morgan fingerprint density at radius 1 is 1.02 bits per heavy atom. The summed E-state index contributed by atoms with van der Waals surface area (Å²) >= 11 is 0. The van der Waals surface area contributed by atoms with E-state index in [1.54, 1.807) is 21.9 Å². The lowest BCUT2D eigenvalue weighted by Gasteiger charge is -2.41. The van der Waals surface area contributed by atoms with Crippen molar-refractivity contribution in [3.63, 3.8) is 0 Å². The number of β-amino-alcohol motifs (C(OH)–C–C–N with tert-alkyl or cyclic N) is 1. The first-order chi connectivity index (χ1) is 19.5. The maximum absolute atomic E-state index is 14.3. The summed E-state index contributed by atoms with van der Waals surface area (Å²) in [7, 11) is 0. The molecule has 0 bridgehead atoms. The first-order valence-corrected chi connectivity index (χ1v) is 14.7. The van der Waals surface area contributed by atoms with E-state index in [-0.39, 0.29) is 29.9 Å². The average molecular weight is 568 g/mol. The number of anilines is 1. The average Bonchev–Trinajstić information content (AvgIpc) is 3.26. The molecule has 1 unspecified atom stereocenters. The summed E-state index contributed by atoms with van der Waals surface area (Å²) in [6.45, 7) is 9.45. The lowest BCUT2D eigenvalue weighted by atomic mass is 9.74. The minimum absolute atomic E-state index is 0.119. The molecule has 2 fully saturated rings. The first kappa shape index (κ1) is 29.3. The Hall–Kier alpha value is -3.17. The summed E-state index contributed by atoms with van der Waals surface area (Å²) in [5.41, 5.74) is 1.60. The number of amides is 2. The van der Waals surface area contributed by atoms with Crippen molar-refractivity contribution in [1.82, 2.24) is 9.80 Å². The standard InChI is InChI=1S/C32H42FN3O5/c1-31(2,3)41-30(39)36-22-32(26-19-25(33)9-10-27(26)36)13-17-34(18-14-32)20-28(37)24-11-15-35(16-12-24)29(38)40-21-23-7-5-4-6-8-23/h4-10,19,24,28,37H,11-18,20-22H2,1-3H3. The van der Waals surface area contributed by atoms with Crippen LogP contribution in [0.3, 0.4) is 0 Å². The highest BCUT2D eigenvalue weighted by Gasteiger charge is 2.47. The number of benzene rings is 2. The van der Waals surface area contributed by atoms with Crippen LogP contribution in [-0.4, -0.2) is 78.1 Å². The molecule has 0 aromatic heterocycles. The van der Waals surface area contributed by atoms with Crippen LogP contribution in [0.15, 0.2) is 48.5 Å². The molecule has 0 saturated carbocycles. The lowest BCUT2D eigenvalue weighted by Crippen LogP contribution is -2.50. The SMILES string of the molecule is CC(C)(C)OC(=O)N1CC2(CCN(CC(O)C3CCN(C(=O)OCc4ccccc4)CC3)CC2)c2cc(F)ccc21. The number of carbonyl (C=O) groups excluding carboxylic acids is 2. The molecule has 41 heavy (non-hydrogen) atoms. The normalized spacial score (nSPS) is 20.1. The Morgan fingerprint density at radius 2 is 1.71 bits per heavy atom. The van der Waals surface area contributed by atoms with Crippen LogP contribution in [0.25, 0.3) is 0 Å². The minimum Gasteiger partial charge on any atom is -0.445 e. The Balaban J connectivity index is 1.12. The predicted octanol–water partition coefficient (Wildman–Crippen LogP) is 5.32. The van der Waals surface area contributed by atoms with Gasteiger partial charge < -0.3 is 24.4 Å². The van der Waals surface area contributed by atoms with E-state index in [4.69, 9.17) is 9.47 Å². The smallest absolute Gasteiger partial charge is 0.414 e. The van der Waals surface area contributed by atoms with Gasteiger partial charge in [-0.2, -0.15) is 0 Å². The van der Waals surface area contributed by atoms with Crippen LogP contribution in [0.2, 0.25) is 0 Å². The van der Waals surface area contributed by atoms with Crippen LogP contribution in [0.5, 0.6) is 0 Å². The van der Waals surface area contributed by atoms with E-state index in [0.29, 0.717) is 26.2 Å². The fourth-order valence-electron chi connectivity index (χ4n) is 6.40. The third kappa shape index (κ3) is 6.84. The van der Waals surface area contributed by atoms with E-state index in [1.165, 1.54) is 6.07 Å². The zero-order valence-corrected chi connectivity index (χ0v) is 24.4. The number of fused-ring (bicyclic) bond motifs is 2. The molecule has 3 aliphatic rings. The molecule has 3 aliphatic heterocycles. The van der Waals surface area contributed by atoms with E-state index < -0.39 is 17.8 Å². The highest BCUT2D eigenvalue weighted by atomic mass is 19.1. The maximum Gasteiger partial charge on any atom is 0.414 e. The Kier molecular flexibility index (Phi) is 8.57. The fraction of sp³-hybridized carbons (Fsp3) is 0.562. The highest BCUT2D eigenvalue weighted by Crippen LogP contribution is 2.47. The second-order valence-electron chi connectivity index (χ2n) is 12.7. The highest BCUT2D eigenvalue weighted by molar-refractivity contribution is 5.91. The zero-order valence-electron chi connectivity index (χ0n) is 24.4. The van der Waals surface area contributed by atoms with E-state index in [0.717, 1.165) is 55.6 Å². The monoisotopic (exact) mass is 567 g/mol. The van der Waals surface area contributed by atoms with Crippen LogP contribution in [-0.2, 0) is 21.5 Å². The number of hydrogen-bond acceptors (Lipinski definition) is 6. The number of hydrogen-bond donors (Lipinski definition) is 1. The second-order valence-corrected chi connectivity index (χ2v) is 12.7.